The van der Waals surface area contributed by atoms with Gasteiger partial charge in [-0.3, -0.25) is 4.79 Å². The van der Waals surface area contributed by atoms with Crippen LogP contribution >= 0.6 is 0 Å². The van der Waals surface area contributed by atoms with Crippen LogP contribution in [0.5, 0.6) is 0 Å². The molecule has 1 amide bonds. The monoisotopic (exact) mass is 234 g/mol. The Hall–Kier alpha value is -1.51. The van der Waals surface area contributed by atoms with Gasteiger partial charge in [-0.2, -0.15) is 0 Å². The van der Waals surface area contributed by atoms with E-state index in [4.69, 9.17) is 0 Å². The maximum atomic E-state index is 12.0. The summed E-state index contributed by atoms with van der Waals surface area (Å²) in [6, 6.07) is 7.61. The number of amides is 1. The largest absolute Gasteiger partial charge is 0.385 e. The molecule has 94 valence electrons. The lowest BCUT2D eigenvalue weighted by atomic mass is 10.1. The van der Waals surface area contributed by atoms with Crippen molar-refractivity contribution in [2.24, 2.45) is 5.92 Å². The van der Waals surface area contributed by atoms with Crippen molar-refractivity contribution >= 4 is 11.6 Å². The van der Waals surface area contributed by atoms with E-state index in [1.165, 1.54) is 0 Å². The summed E-state index contributed by atoms with van der Waals surface area (Å²) in [5.74, 6) is 0.520. The van der Waals surface area contributed by atoms with Gasteiger partial charge < -0.3 is 10.6 Å². The van der Waals surface area contributed by atoms with E-state index in [0.717, 1.165) is 30.8 Å². The molecule has 1 aromatic rings. The highest BCUT2D eigenvalue weighted by Crippen LogP contribution is 2.14. The first-order chi connectivity index (χ1) is 8.19. The summed E-state index contributed by atoms with van der Waals surface area (Å²) in [6.07, 6.45) is 1.08. The third-order valence-electron chi connectivity index (χ3n) is 2.85. The highest BCUT2D eigenvalue weighted by atomic mass is 16.1. The first kappa shape index (κ1) is 13.6. The van der Waals surface area contributed by atoms with E-state index >= 15 is 0 Å². The Kier molecular flexibility index (Phi) is 5.53. The number of anilines is 1. The number of para-hydroxylation sites is 1. The van der Waals surface area contributed by atoms with Crippen molar-refractivity contribution in [2.75, 3.05) is 18.4 Å². The molecule has 0 aliphatic carbocycles. The SMILES string of the molecule is CCNc1ccccc1C(=O)NCC(C)CC. The number of carbonyl (C=O) groups excluding carboxylic acids is 1. The van der Waals surface area contributed by atoms with Gasteiger partial charge in [-0.15, -0.1) is 0 Å². The Balaban J connectivity index is 2.67. The number of rotatable bonds is 6. The van der Waals surface area contributed by atoms with Gasteiger partial charge in [0.2, 0.25) is 0 Å². The second-order valence-electron chi connectivity index (χ2n) is 4.30. The van der Waals surface area contributed by atoms with Gasteiger partial charge in [0.1, 0.15) is 0 Å². The van der Waals surface area contributed by atoms with Gasteiger partial charge in [-0.25, -0.2) is 0 Å². The van der Waals surface area contributed by atoms with E-state index in [1.54, 1.807) is 0 Å². The van der Waals surface area contributed by atoms with Crippen LogP contribution in [0.15, 0.2) is 24.3 Å². The van der Waals surface area contributed by atoms with Gasteiger partial charge in [-0.1, -0.05) is 32.4 Å². The average Bonchev–Trinajstić information content (AvgIpc) is 2.36. The zero-order valence-electron chi connectivity index (χ0n) is 10.9. The summed E-state index contributed by atoms with van der Waals surface area (Å²) in [6.45, 7) is 7.83. The minimum Gasteiger partial charge on any atom is -0.385 e. The van der Waals surface area contributed by atoms with Crippen LogP contribution in [0.25, 0.3) is 0 Å². The molecule has 0 aliphatic heterocycles. The molecule has 3 nitrogen and oxygen atoms in total. The molecule has 2 N–H and O–H groups in total. The number of hydrogen-bond acceptors (Lipinski definition) is 2. The van der Waals surface area contributed by atoms with Crippen molar-refractivity contribution in [2.45, 2.75) is 27.2 Å². The third kappa shape index (κ3) is 4.10. The molecule has 3 heteroatoms. The van der Waals surface area contributed by atoms with Crippen LogP contribution in [0.4, 0.5) is 5.69 Å². The Morgan fingerprint density at radius 2 is 2.00 bits per heavy atom. The lowest BCUT2D eigenvalue weighted by molar-refractivity contribution is 0.0948. The van der Waals surface area contributed by atoms with Crippen LogP contribution in [0.2, 0.25) is 0 Å². The number of carbonyl (C=O) groups is 1. The molecule has 0 fully saturated rings. The zero-order chi connectivity index (χ0) is 12.7. The van der Waals surface area contributed by atoms with Gasteiger partial charge in [0.05, 0.1) is 5.56 Å². The fourth-order valence-corrected chi connectivity index (χ4v) is 1.53. The van der Waals surface area contributed by atoms with Crippen LogP contribution in [0.3, 0.4) is 0 Å². The van der Waals surface area contributed by atoms with Crippen molar-refractivity contribution in [1.29, 1.82) is 0 Å². The van der Waals surface area contributed by atoms with E-state index in [2.05, 4.69) is 24.5 Å². The van der Waals surface area contributed by atoms with Gasteiger partial charge in [-0.05, 0) is 25.0 Å². The molecule has 1 unspecified atom stereocenters. The van der Waals surface area contributed by atoms with Gasteiger partial charge in [0.15, 0.2) is 0 Å². The normalized spacial score (nSPS) is 11.9. The Bertz CT molecular complexity index is 363. The van der Waals surface area contributed by atoms with Crippen molar-refractivity contribution in [1.82, 2.24) is 5.32 Å². The molecular weight excluding hydrogens is 212 g/mol. The van der Waals surface area contributed by atoms with Crippen molar-refractivity contribution in [3.05, 3.63) is 29.8 Å². The van der Waals surface area contributed by atoms with Gasteiger partial charge >= 0.3 is 0 Å². The fourth-order valence-electron chi connectivity index (χ4n) is 1.53. The maximum absolute atomic E-state index is 12.0. The first-order valence-corrected chi connectivity index (χ1v) is 6.30. The molecule has 0 radical (unpaired) electrons. The summed E-state index contributed by atoms with van der Waals surface area (Å²) < 4.78 is 0. The van der Waals surface area contributed by atoms with E-state index in [9.17, 15) is 4.79 Å². The molecule has 0 aliphatic rings. The Morgan fingerprint density at radius 3 is 2.65 bits per heavy atom. The number of hydrogen-bond donors (Lipinski definition) is 2. The molecule has 0 aromatic heterocycles. The highest BCUT2D eigenvalue weighted by Gasteiger charge is 2.10. The lowest BCUT2D eigenvalue weighted by Crippen LogP contribution is -2.28. The molecule has 0 bridgehead atoms. The lowest BCUT2D eigenvalue weighted by Gasteiger charge is -2.13. The predicted molar refractivity (Wildman–Crippen MR) is 72.4 cm³/mol. The second kappa shape index (κ2) is 6.94. The van der Waals surface area contributed by atoms with Crippen molar-refractivity contribution < 1.29 is 4.79 Å². The highest BCUT2D eigenvalue weighted by molar-refractivity contribution is 5.99. The average molecular weight is 234 g/mol. The summed E-state index contributed by atoms with van der Waals surface area (Å²) >= 11 is 0. The molecule has 1 atom stereocenters. The summed E-state index contributed by atoms with van der Waals surface area (Å²) in [7, 11) is 0. The quantitative estimate of drug-likeness (QED) is 0.794. The minimum atomic E-state index is 0.00171. The Morgan fingerprint density at radius 1 is 1.29 bits per heavy atom. The smallest absolute Gasteiger partial charge is 0.253 e. The van der Waals surface area contributed by atoms with Crippen molar-refractivity contribution in [3.8, 4) is 0 Å². The van der Waals surface area contributed by atoms with Gasteiger partial charge in [0.25, 0.3) is 5.91 Å². The fraction of sp³-hybridized carbons (Fsp3) is 0.500. The second-order valence-corrected chi connectivity index (χ2v) is 4.30. The van der Waals surface area contributed by atoms with Crippen LogP contribution < -0.4 is 10.6 Å². The topological polar surface area (TPSA) is 41.1 Å². The third-order valence-corrected chi connectivity index (χ3v) is 2.85. The predicted octanol–water partition coefficient (Wildman–Crippen LogP) is 2.89. The molecule has 0 saturated carbocycles. The van der Waals surface area contributed by atoms with Crippen LogP contribution in [-0.2, 0) is 0 Å². The molecule has 1 rings (SSSR count). The standard InChI is InChI=1S/C14H22N2O/c1-4-11(3)10-16-14(17)12-8-6-7-9-13(12)15-5-2/h6-9,11,15H,4-5,10H2,1-3H3,(H,16,17). The van der Waals surface area contributed by atoms with Crippen LogP contribution in [0, 0.1) is 5.92 Å². The zero-order valence-corrected chi connectivity index (χ0v) is 10.9. The summed E-state index contributed by atoms with van der Waals surface area (Å²) in [4.78, 5) is 12.0. The van der Waals surface area contributed by atoms with Gasteiger partial charge in [0, 0.05) is 18.8 Å². The number of nitrogens with one attached hydrogen (secondary N) is 2. The number of benzene rings is 1. The summed E-state index contributed by atoms with van der Waals surface area (Å²) in [5.41, 5.74) is 1.62. The van der Waals surface area contributed by atoms with E-state index in [-0.39, 0.29) is 5.91 Å². The van der Waals surface area contributed by atoms with E-state index in [0.29, 0.717) is 5.92 Å². The minimum absolute atomic E-state index is 0.00171. The van der Waals surface area contributed by atoms with E-state index in [1.807, 2.05) is 31.2 Å². The van der Waals surface area contributed by atoms with Crippen molar-refractivity contribution in [3.63, 3.8) is 0 Å². The van der Waals surface area contributed by atoms with E-state index < -0.39 is 0 Å². The molecular formula is C14H22N2O. The molecule has 1 aromatic carbocycles. The molecule has 0 spiro atoms. The Labute approximate surface area is 104 Å². The summed E-state index contributed by atoms with van der Waals surface area (Å²) in [5, 5.41) is 6.17. The van der Waals surface area contributed by atoms with Crippen LogP contribution in [0.1, 0.15) is 37.6 Å². The molecule has 17 heavy (non-hydrogen) atoms. The van der Waals surface area contributed by atoms with Crippen LogP contribution in [-0.4, -0.2) is 19.0 Å². The molecule has 0 saturated heterocycles. The first-order valence-electron chi connectivity index (χ1n) is 6.30. The molecule has 0 heterocycles. The maximum Gasteiger partial charge on any atom is 0.253 e.